The highest BCUT2D eigenvalue weighted by Crippen LogP contribution is 2.14. The van der Waals surface area contributed by atoms with Gasteiger partial charge in [-0.15, -0.1) is 0 Å². The number of unbranched alkanes of at least 4 members (excludes halogenated alkanes) is 19. The standard InChI is InChI=1S/C37H74N4/c1-5-8-11-14-17-20-22-25-30-39(29-24-21-18-15-12-9-6-2)32-27-33-40(31-26-23-19-16-13-10-7-3)35-37(4)41-34-28-38-36-41/h28,34,36-37H,5-27,29-33,35H2,1-4H3. The highest BCUT2D eigenvalue weighted by atomic mass is 15.2. The number of hydrogen-bond donors (Lipinski definition) is 0. The van der Waals surface area contributed by atoms with E-state index in [2.05, 4.69) is 53.2 Å². The van der Waals surface area contributed by atoms with Crippen LogP contribution in [0, 0.1) is 0 Å². The molecule has 1 heterocycles. The normalized spacial score (nSPS) is 12.6. The van der Waals surface area contributed by atoms with E-state index in [9.17, 15) is 0 Å². The van der Waals surface area contributed by atoms with Crippen molar-refractivity contribution in [2.45, 2.75) is 181 Å². The van der Waals surface area contributed by atoms with Gasteiger partial charge in [0.1, 0.15) is 0 Å². The van der Waals surface area contributed by atoms with Gasteiger partial charge in [0.25, 0.3) is 0 Å². The van der Waals surface area contributed by atoms with Gasteiger partial charge < -0.3 is 14.4 Å². The molecule has 1 aromatic heterocycles. The molecule has 0 saturated heterocycles. The fourth-order valence-electron chi connectivity index (χ4n) is 6.20. The molecule has 4 heteroatoms. The fourth-order valence-corrected chi connectivity index (χ4v) is 6.20. The SMILES string of the molecule is CCCCCCCCCCN(CCCCCCCCC)CCCN(CCCCCCCCC)CC(C)n1ccnc1. The Kier molecular flexibility index (Phi) is 27.2. The first-order chi connectivity index (χ1) is 20.2. The molecule has 41 heavy (non-hydrogen) atoms. The fraction of sp³-hybridized carbons (Fsp3) is 0.919. The largest absolute Gasteiger partial charge is 0.333 e. The molecular weight excluding hydrogens is 500 g/mol. The van der Waals surface area contributed by atoms with Crippen LogP contribution in [0.3, 0.4) is 0 Å². The van der Waals surface area contributed by atoms with Crippen molar-refractivity contribution in [1.29, 1.82) is 0 Å². The van der Waals surface area contributed by atoms with Crippen molar-refractivity contribution < 1.29 is 0 Å². The van der Waals surface area contributed by atoms with Gasteiger partial charge >= 0.3 is 0 Å². The van der Waals surface area contributed by atoms with Crippen LogP contribution in [0.1, 0.15) is 181 Å². The van der Waals surface area contributed by atoms with E-state index in [1.165, 1.54) is 180 Å². The van der Waals surface area contributed by atoms with Crippen molar-refractivity contribution in [3.05, 3.63) is 18.7 Å². The molecule has 242 valence electrons. The third kappa shape index (κ3) is 23.3. The Morgan fingerprint density at radius 1 is 0.488 bits per heavy atom. The second kappa shape index (κ2) is 29.2. The maximum absolute atomic E-state index is 4.30. The number of rotatable bonds is 32. The van der Waals surface area contributed by atoms with Crippen LogP contribution in [-0.2, 0) is 0 Å². The van der Waals surface area contributed by atoms with Gasteiger partial charge in [-0.1, -0.05) is 143 Å². The van der Waals surface area contributed by atoms with Crippen LogP contribution in [0.2, 0.25) is 0 Å². The molecule has 0 spiro atoms. The van der Waals surface area contributed by atoms with Crippen LogP contribution in [0.15, 0.2) is 18.7 Å². The monoisotopic (exact) mass is 575 g/mol. The molecule has 0 aliphatic heterocycles. The lowest BCUT2D eigenvalue weighted by Crippen LogP contribution is -2.34. The maximum atomic E-state index is 4.30. The molecule has 1 aromatic rings. The molecule has 0 aliphatic rings. The summed E-state index contributed by atoms with van der Waals surface area (Å²) in [6.07, 6.45) is 38.3. The zero-order chi connectivity index (χ0) is 29.6. The van der Waals surface area contributed by atoms with Gasteiger partial charge in [-0.25, -0.2) is 4.98 Å². The quantitative estimate of drug-likeness (QED) is 0.0800. The lowest BCUT2D eigenvalue weighted by Gasteiger charge is -2.28. The first kappa shape index (κ1) is 38.2. The minimum atomic E-state index is 0.489. The molecule has 0 aliphatic carbocycles. The van der Waals surface area contributed by atoms with E-state index >= 15 is 0 Å². The molecule has 0 fully saturated rings. The van der Waals surface area contributed by atoms with Crippen molar-refractivity contribution in [2.24, 2.45) is 0 Å². The lowest BCUT2D eigenvalue weighted by molar-refractivity contribution is 0.202. The average molecular weight is 575 g/mol. The molecule has 0 amide bonds. The Labute approximate surface area is 258 Å². The number of nitrogens with zero attached hydrogens (tertiary/aromatic N) is 4. The minimum Gasteiger partial charge on any atom is -0.333 e. The zero-order valence-corrected chi connectivity index (χ0v) is 28.6. The summed E-state index contributed by atoms with van der Waals surface area (Å²) in [6, 6.07) is 0.489. The van der Waals surface area contributed by atoms with Crippen molar-refractivity contribution in [1.82, 2.24) is 19.4 Å². The summed E-state index contributed by atoms with van der Waals surface area (Å²) in [5, 5.41) is 0. The van der Waals surface area contributed by atoms with E-state index in [0.29, 0.717) is 6.04 Å². The Morgan fingerprint density at radius 3 is 1.27 bits per heavy atom. The van der Waals surface area contributed by atoms with Crippen LogP contribution in [0.25, 0.3) is 0 Å². The van der Waals surface area contributed by atoms with Crippen LogP contribution in [0.4, 0.5) is 0 Å². The van der Waals surface area contributed by atoms with E-state index in [4.69, 9.17) is 0 Å². The zero-order valence-electron chi connectivity index (χ0n) is 28.6. The molecule has 0 N–H and O–H groups in total. The van der Waals surface area contributed by atoms with Gasteiger partial charge in [0.2, 0.25) is 0 Å². The van der Waals surface area contributed by atoms with E-state index < -0.39 is 0 Å². The van der Waals surface area contributed by atoms with Crippen LogP contribution in [-0.4, -0.2) is 58.6 Å². The summed E-state index contributed by atoms with van der Waals surface area (Å²) in [4.78, 5) is 9.89. The Hall–Kier alpha value is -0.870. The molecule has 0 saturated carbocycles. The first-order valence-corrected chi connectivity index (χ1v) is 18.6. The van der Waals surface area contributed by atoms with Gasteiger partial charge in [0.15, 0.2) is 0 Å². The van der Waals surface area contributed by atoms with Crippen molar-refractivity contribution in [3.8, 4) is 0 Å². The highest BCUT2D eigenvalue weighted by molar-refractivity contribution is 4.80. The van der Waals surface area contributed by atoms with Crippen LogP contribution >= 0.6 is 0 Å². The van der Waals surface area contributed by atoms with Gasteiger partial charge in [0.05, 0.1) is 6.33 Å². The van der Waals surface area contributed by atoms with Gasteiger partial charge in [-0.05, 0) is 65.3 Å². The van der Waals surface area contributed by atoms with Gasteiger partial charge in [-0.3, -0.25) is 0 Å². The molecule has 4 nitrogen and oxygen atoms in total. The second-order valence-corrected chi connectivity index (χ2v) is 13.1. The van der Waals surface area contributed by atoms with E-state index in [1.54, 1.807) is 0 Å². The smallest absolute Gasteiger partial charge is 0.0948 e. The van der Waals surface area contributed by atoms with Crippen LogP contribution in [0.5, 0.6) is 0 Å². The Morgan fingerprint density at radius 2 is 0.854 bits per heavy atom. The number of aromatic nitrogens is 2. The minimum absolute atomic E-state index is 0.489. The predicted octanol–water partition coefficient (Wildman–Crippen LogP) is 11.1. The summed E-state index contributed by atoms with van der Waals surface area (Å²) in [6.45, 7) is 16.8. The number of imidazole rings is 1. The number of hydrogen-bond acceptors (Lipinski definition) is 3. The molecular formula is C37H74N4. The van der Waals surface area contributed by atoms with E-state index in [1.807, 2.05) is 12.5 Å². The Bertz CT molecular complexity index is 616. The molecule has 0 aromatic carbocycles. The predicted molar refractivity (Wildman–Crippen MR) is 183 cm³/mol. The molecule has 1 atom stereocenters. The summed E-state index contributed by atoms with van der Waals surface area (Å²) in [5.41, 5.74) is 0. The molecule has 1 unspecified atom stereocenters. The second-order valence-electron chi connectivity index (χ2n) is 13.1. The summed E-state index contributed by atoms with van der Waals surface area (Å²) >= 11 is 0. The van der Waals surface area contributed by atoms with Crippen molar-refractivity contribution in [2.75, 3.05) is 39.3 Å². The first-order valence-electron chi connectivity index (χ1n) is 18.6. The topological polar surface area (TPSA) is 24.3 Å². The van der Waals surface area contributed by atoms with Gasteiger partial charge in [-0.2, -0.15) is 0 Å². The third-order valence-electron chi connectivity index (χ3n) is 8.99. The lowest BCUT2D eigenvalue weighted by atomic mass is 10.1. The van der Waals surface area contributed by atoms with E-state index in [-0.39, 0.29) is 0 Å². The summed E-state index contributed by atoms with van der Waals surface area (Å²) in [7, 11) is 0. The summed E-state index contributed by atoms with van der Waals surface area (Å²) < 4.78 is 2.28. The Balaban J connectivity index is 2.47. The third-order valence-corrected chi connectivity index (χ3v) is 8.99. The van der Waals surface area contributed by atoms with Crippen molar-refractivity contribution in [3.63, 3.8) is 0 Å². The van der Waals surface area contributed by atoms with Crippen LogP contribution < -0.4 is 0 Å². The van der Waals surface area contributed by atoms with Gasteiger partial charge in [0, 0.05) is 25.0 Å². The molecule has 1 rings (SSSR count). The maximum Gasteiger partial charge on any atom is 0.0948 e. The van der Waals surface area contributed by atoms with Crippen molar-refractivity contribution >= 4 is 0 Å². The molecule has 0 bridgehead atoms. The molecule has 0 radical (unpaired) electrons. The summed E-state index contributed by atoms with van der Waals surface area (Å²) in [5.74, 6) is 0. The average Bonchev–Trinajstić information content (AvgIpc) is 3.52. The highest BCUT2D eigenvalue weighted by Gasteiger charge is 2.13. The van der Waals surface area contributed by atoms with E-state index in [0.717, 1.165) is 6.54 Å².